The van der Waals surface area contributed by atoms with Gasteiger partial charge in [-0.2, -0.15) is 0 Å². The summed E-state index contributed by atoms with van der Waals surface area (Å²) in [6.45, 7) is 2.31. The minimum absolute atomic E-state index is 0.217. The predicted octanol–water partition coefficient (Wildman–Crippen LogP) is 0.693. The number of hydrogen-bond acceptors (Lipinski definition) is 4. The molecule has 1 aromatic rings. The van der Waals surface area contributed by atoms with Gasteiger partial charge in [-0.25, -0.2) is 9.79 Å². The summed E-state index contributed by atoms with van der Waals surface area (Å²) in [6.07, 6.45) is 12.8. The zero-order valence-electron chi connectivity index (χ0n) is 15.1. The van der Waals surface area contributed by atoms with E-state index in [2.05, 4.69) is 36.2 Å². The van der Waals surface area contributed by atoms with Crippen molar-refractivity contribution in [3.8, 4) is 5.75 Å². The maximum Gasteiger partial charge on any atom is 0.328 e. The molecular weight excluding hydrogens is 346 g/mol. The zero-order chi connectivity index (χ0) is 19.6. The van der Waals surface area contributed by atoms with E-state index in [1.807, 2.05) is 24.5 Å². The molecule has 6 nitrogen and oxygen atoms in total. The second-order valence-electron chi connectivity index (χ2n) is 6.42. The van der Waals surface area contributed by atoms with Crippen molar-refractivity contribution in [2.75, 3.05) is 0 Å². The van der Waals surface area contributed by atoms with E-state index in [1.165, 1.54) is 12.0 Å². The number of nitrogens with one attached hydrogen (secondary N) is 1. The molecule has 0 amide bonds. The number of fused-ring (bicyclic) bond motifs is 2. The van der Waals surface area contributed by atoms with Crippen molar-refractivity contribution < 1.29 is 29.5 Å². The monoisotopic (exact) mass is 369 g/mol. The number of benzene rings is 1. The van der Waals surface area contributed by atoms with Crippen LogP contribution in [0.15, 0.2) is 54.3 Å². The second kappa shape index (κ2) is 10.1. The van der Waals surface area contributed by atoms with Crippen LogP contribution in [0.1, 0.15) is 31.7 Å². The topological polar surface area (TPSA) is 101 Å². The fourth-order valence-electron chi connectivity index (χ4n) is 2.89. The van der Waals surface area contributed by atoms with E-state index in [-0.39, 0.29) is 6.10 Å². The van der Waals surface area contributed by atoms with E-state index < -0.39 is 11.9 Å². The number of allylic oxidation sites excluding steroid dienone is 1. The molecule has 0 radical (unpaired) electrons. The fraction of sp³-hybridized carbons (Fsp3) is 0.286. The molecule has 1 saturated carbocycles. The van der Waals surface area contributed by atoms with Gasteiger partial charge in [0, 0.05) is 23.8 Å². The molecule has 1 fully saturated rings. The van der Waals surface area contributed by atoms with E-state index >= 15 is 0 Å². The summed E-state index contributed by atoms with van der Waals surface area (Å²) < 4.78 is 6.28. The molecule has 0 saturated heterocycles. The second-order valence-corrected chi connectivity index (χ2v) is 6.42. The standard InChI is InChI=1S/C17H19NO.C4H4O4/c1-13-6-7-15-9-11-18-10-8-14-4-2-3-5-16(14)19-17(15)12-13;5-3(6)1-2-4(7)8/h2-5,8-11,13,17H,6-7,12H2,1H3;1-2H,(H,5,6)(H,7,8). The maximum atomic E-state index is 9.53. The molecule has 1 heterocycles. The molecule has 0 spiro atoms. The quantitative estimate of drug-likeness (QED) is 0.747. The third-order valence-electron chi connectivity index (χ3n) is 4.26. The van der Waals surface area contributed by atoms with Gasteiger partial charge in [0.1, 0.15) is 11.9 Å². The molecule has 2 atom stereocenters. The van der Waals surface area contributed by atoms with Crippen LogP contribution in [0.3, 0.4) is 0 Å². The normalized spacial score (nSPS) is 21.0. The average molecular weight is 369 g/mol. The molecule has 0 bridgehead atoms. The van der Waals surface area contributed by atoms with Crippen molar-refractivity contribution in [1.29, 1.82) is 0 Å². The summed E-state index contributed by atoms with van der Waals surface area (Å²) in [4.78, 5) is 22.2. The number of hydrogen-bond donors (Lipinski definition) is 2. The highest BCUT2D eigenvalue weighted by Gasteiger charge is 2.25. The summed E-state index contributed by atoms with van der Waals surface area (Å²) in [5.74, 6) is -1.09. The number of para-hydroxylation sites is 1. The first-order chi connectivity index (χ1) is 13.0. The Hall–Kier alpha value is -3.15. The lowest BCUT2D eigenvalue weighted by atomic mass is 9.84. The summed E-state index contributed by atoms with van der Waals surface area (Å²) >= 11 is 0. The van der Waals surface area contributed by atoms with Crippen LogP contribution in [0.2, 0.25) is 0 Å². The highest BCUT2D eigenvalue weighted by Crippen LogP contribution is 2.32. The molecule has 2 N–H and O–H groups in total. The van der Waals surface area contributed by atoms with E-state index in [4.69, 9.17) is 9.84 Å². The van der Waals surface area contributed by atoms with Crippen LogP contribution in [0.5, 0.6) is 5.75 Å². The van der Waals surface area contributed by atoms with Gasteiger partial charge < -0.3 is 19.7 Å². The van der Waals surface area contributed by atoms with Crippen molar-refractivity contribution in [2.45, 2.75) is 32.3 Å². The first kappa shape index (κ1) is 20.2. The lowest BCUT2D eigenvalue weighted by Crippen LogP contribution is -2.60. The highest BCUT2D eigenvalue weighted by molar-refractivity contribution is 5.88. The Labute approximate surface area is 158 Å². The van der Waals surface area contributed by atoms with Crippen molar-refractivity contribution in [2.24, 2.45) is 5.92 Å². The summed E-state index contributed by atoms with van der Waals surface area (Å²) in [6, 6.07) is 8.22. The third-order valence-corrected chi connectivity index (χ3v) is 4.26. The predicted molar refractivity (Wildman–Crippen MR) is 99.8 cm³/mol. The van der Waals surface area contributed by atoms with Crippen LogP contribution >= 0.6 is 0 Å². The van der Waals surface area contributed by atoms with Gasteiger partial charge in [0.15, 0.2) is 12.4 Å². The Kier molecular flexibility index (Phi) is 7.55. The molecule has 27 heavy (non-hydrogen) atoms. The smallest absolute Gasteiger partial charge is 0.328 e. The Balaban J connectivity index is 0.000000279. The molecule has 142 valence electrons. The van der Waals surface area contributed by atoms with Gasteiger partial charge in [-0.05, 0) is 42.9 Å². The molecule has 1 aliphatic carbocycles. The Morgan fingerprint density at radius 2 is 2.07 bits per heavy atom. The lowest BCUT2D eigenvalue weighted by Gasteiger charge is -2.30. The summed E-state index contributed by atoms with van der Waals surface area (Å²) in [5.41, 5.74) is 2.53. The van der Waals surface area contributed by atoms with Crippen molar-refractivity contribution in [3.63, 3.8) is 0 Å². The molecular formula is C21H23NO5. The van der Waals surface area contributed by atoms with E-state index in [0.29, 0.717) is 12.2 Å². The van der Waals surface area contributed by atoms with Gasteiger partial charge in [0.25, 0.3) is 0 Å². The van der Waals surface area contributed by atoms with Gasteiger partial charge in [-0.3, -0.25) is 0 Å². The first-order valence-electron chi connectivity index (χ1n) is 8.78. The molecule has 6 heteroatoms. The van der Waals surface area contributed by atoms with E-state index in [1.54, 1.807) is 0 Å². The molecule has 1 aromatic carbocycles. The third kappa shape index (κ3) is 6.93. The van der Waals surface area contributed by atoms with Gasteiger partial charge in [0.05, 0.1) is 5.97 Å². The van der Waals surface area contributed by atoms with Gasteiger partial charge in [-0.15, -0.1) is 0 Å². The fourth-order valence-corrected chi connectivity index (χ4v) is 2.89. The number of carboxylic acids is 2. The number of aliphatic carboxylic acids is 2. The summed E-state index contributed by atoms with van der Waals surface area (Å²) in [7, 11) is 0. The number of rotatable bonds is 2. The Morgan fingerprint density at radius 1 is 1.30 bits per heavy atom. The van der Waals surface area contributed by atoms with Gasteiger partial charge >= 0.3 is 5.97 Å². The number of ether oxygens (including phenoxy) is 1. The van der Waals surface area contributed by atoms with Crippen LogP contribution < -0.4 is 14.8 Å². The van der Waals surface area contributed by atoms with Gasteiger partial charge in [0.2, 0.25) is 0 Å². The maximum absolute atomic E-state index is 9.53. The molecule has 1 aliphatic heterocycles. The Bertz CT molecular complexity index is 776. The van der Waals surface area contributed by atoms with Crippen molar-refractivity contribution >= 4 is 24.2 Å². The lowest BCUT2D eigenvalue weighted by molar-refractivity contribution is -0.364. The first-order valence-corrected chi connectivity index (χ1v) is 8.78. The summed E-state index contributed by atoms with van der Waals surface area (Å²) in [5, 5.41) is 17.2. The van der Waals surface area contributed by atoms with Crippen molar-refractivity contribution in [3.05, 3.63) is 59.8 Å². The minimum Gasteiger partial charge on any atom is -0.545 e. The van der Waals surface area contributed by atoms with Gasteiger partial charge in [-0.1, -0.05) is 25.1 Å². The zero-order valence-corrected chi connectivity index (χ0v) is 15.1. The van der Waals surface area contributed by atoms with Crippen LogP contribution in [0, 0.1) is 5.92 Å². The number of carbonyl (C=O) groups is 2. The van der Waals surface area contributed by atoms with E-state index in [9.17, 15) is 14.7 Å². The van der Waals surface area contributed by atoms with Crippen molar-refractivity contribution in [1.82, 2.24) is 0 Å². The number of carbonyl (C=O) groups excluding carboxylic acids is 1. The molecule has 0 aromatic heterocycles. The molecule has 2 aliphatic rings. The Morgan fingerprint density at radius 3 is 2.78 bits per heavy atom. The average Bonchev–Trinajstić information content (AvgIpc) is 2.63. The highest BCUT2D eigenvalue weighted by atomic mass is 16.5. The molecule has 2 unspecified atom stereocenters. The largest absolute Gasteiger partial charge is 0.545 e. The van der Waals surface area contributed by atoms with Crippen LogP contribution in [-0.4, -0.2) is 29.4 Å². The van der Waals surface area contributed by atoms with E-state index in [0.717, 1.165) is 30.1 Å². The van der Waals surface area contributed by atoms with Crippen LogP contribution in [0.25, 0.3) is 6.08 Å². The molecule has 3 rings (SSSR count). The minimum atomic E-state index is -1.51. The van der Waals surface area contributed by atoms with Crippen LogP contribution in [0.4, 0.5) is 0 Å². The SMILES string of the molecule is CC1CCC2=CC=[NH+]C=Cc3ccccc3OC2C1.O=C([O-])C=CC(=O)O. The number of carboxylic acid groups (broad SMARTS) is 2. The van der Waals surface area contributed by atoms with Crippen LogP contribution in [-0.2, 0) is 9.59 Å².